The van der Waals surface area contributed by atoms with Gasteiger partial charge in [-0.2, -0.15) is 0 Å². The molecular weight excluding hydrogens is 429 g/mol. The fourth-order valence-corrected chi connectivity index (χ4v) is 3.63. The molecule has 0 radical (unpaired) electrons. The second-order valence-corrected chi connectivity index (χ2v) is 8.37. The zero-order valence-electron chi connectivity index (χ0n) is 18.1. The normalized spacial score (nSPS) is 13.6. The van der Waals surface area contributed by atoms with Crippen LogP contribution in [0.15, 0.2) is 66.5 Å². The molecule has 0 bridgehead atoms. The summed E-state index contributed by atoms with van der Waals surface area (Å²) in [6.07, 6.45) is 2.97. The van der Waals surface area contributed by atoms with E-state index in [1.54, 1.807) is 37.5 Å². The lowest BCUT2D eigenvalue weighted by molar-refractivity contribution is -0.109. The van der Waals surface area contributed by atoms with Crippen molar-refractivity contribution in [3.05, 3.63) is 77.6 Å². The number of nitrogens with two attached hydrogens (primary N) is 2. The van der Waals surface area contributed by atoms with Crippen LogP contribution in [0, 0.1) is 0 Å². The zero-order chi connectivity index (χ0) is 23.3. The van der Waals surface area contributed by atoms with Crippen molar-refractivity contribution in [2.45, 2.75) is 24.8 Å². The average molecular weight is 462 g/mol. The minimum Gasteiger partial charge on any atom is -0.487 e. The second kappa shape index (κ2) is 13.8. The highest BCUT2D eigenvalue weighted by atomic mass is 31.2. The van der Waals surface area contributed by atoms with Gasteiger partial charge in [0.05, 0.1) is 11.7 Å². The molecule has 0 saturated carbocycles. The number of carbonyl (C=O) groups excluding carboxylic acids is 1. The Morgan fingerprint density at radius 2 is 1.88 bits per heavy atom. The van der Waals surface area contributed by atoms with Crippen LogP contribution >= 0.6 is 8.38 Å². The fourth-order valence-electron chi connectivity index (χ4n) is 2.94. The maximum Gasteiger partial charge on any atom is 0.188 e. The van der Waals surface area contributed by atoms with Gasteiger partial charge < -0.3 is 35.4 Å². The summed E-state index contributed by atoms with van der Waals surface area (Å²) in [5.74, 6) is 5.89. The molecule has 2 aromatic rings. The highest BCUT2D eigenvalue weighted by Gasteiger charge is 2.19. The van der Waals surface area contributed by atoms with Crippen LogP contribution in [0.5, 0.6) is 5.75 Å². The van der Waals surface area contributed by atoms with Crippen LogP contribution < -0.4 is 26.9 Å². The molecule has 2 atom stereocenters. The van der Waals surface area contributed by atoms with Gasteiger partial charge in [0.2, 0.25) is 0 Å². The lowest BCUT2D eigenvalue weighted by Crippen LogP contribution is -2.35. The van der Waals surface area contributed by atoms with Gasteiger partial charge in [-0.15, -0.1) is 0 Å². The Morgan fingerprint density at radius 3 is 2.47 bits per heavy atom. The molecule has 32 heavy (non-hydrogen) atoms. The van der Waals surface area contributed by atoms with Crippen molar-refractivity contribution in [2.75, 3.05) is 20.2 Å². The van der Waals surface area contributed by atoms with Gasteiger partial charge in [0.15, 0.2) is 8.38 Å². The molecule has 0 saturated heterocycles. The van der Waals surface area contributed by atoms with Gasteiger partial charge in [-0.05, 0) is 36.7 Å². The van der Waals surface area contributed by atoms with E-state index in [2.05, 4.69) is 10.6 Å². The fraction of sp³-hybridized carbons (Fsp3) is 0.318. The van der Waals surface area contributed by atoms with Gasteiger partial charge in [0.25, 0.3) is 0 Å². The van der Waals surface area contributed by atoms with Gasteiger partial charge in [0.1, 0.15) is 24.4 Å². The molecule has 0 aliphatic heterocycles. The number of likely N-dealkylation sites (N-methyl/N-ethyl adjacent to an activating group) is 1. The number of carbonyl (C=O) groups is 1. The molecule has 174 valence electrons. The van der Waals surface area contributed by atoms with E-state index in [1.807, 2.05) is 30.3 Å². The first kappa shape index (κ1) is 25.7. The van der Waals surface area contributed by atoms with E-state index in [9.17, 15) is 14.6 Å². The molecular formula is C22H32N5O4P. The largest absolute Gasteiger partial charge is 0.487 e. The summed E-state index contributed by atoms with van der Waals surface area (Å²) >= 11 is 0. The SMILES string of the molecule is CNC(C=O)CCN(N)/C=C(\N)COc1ccc(C(NCc2ccccc2)P(O)O)cc1. The molecule has 0 heterocycles. The van der Waals surface area contributed by atoms with Crippen LogP contribution in [0.2, 0.25) is 0 Å². The zero-order valence-corrected chi connectivity index (χ0v) is 19.0. The quantitative estimate of drug-likeness (QED) is 0.106. The van der Waals surface area contributed by atoms with E-state index in [0.717, 1.165) is 17.4 Å². The van der Waals surface area contributed by atoms with Crippen LogP contribution in [0.3, 0.4) is 0 Å². The summed E-state index contributed by atoms with van der Waals surface area (Å²) < 4.78 is 5.68. The summed E-state index contributed by atoms with van der Waals surface area (Å²) in [6.45, 7) is 1.11. The van der Waals surface area contributed by atoms with E-state index in [1.165, 1.54) is 5.01 Å². The smallest absolute Gasteiger partial charge is 0.188 e. The number of nitrogens with zero attached hydrogens (tertiary/aromatic N) is 1. The maximum absolute atomic E-state index is 10.8. The van der Waals surface area contributed by atoms with Crippen molar-refractivity contribution in [3.8, 4) is 5.75 Å². The minimum absolute atomic E-state index is 0.137. The number of hydrazine groups is 1. The minimum atomic E-state index is -2.21. The number of hydrogen-bond acceptors (Lipinski definition) is 9. The van der Waals surface area contributed by atoms with E-state index < -0.39 is 14.2 Å². The number of rotatable bonds is 14. The highest BCUT2D eigenvalue weighted by Crippen LogP contribution is 2.42. The molecule has 0 aliphatic carbocycles. The van der Waals surface area contributed by atoms with Gasteiger partial charge in [-0.1, -0.05) is 42.5 Å². The Bertz CT molecular complexity index is 836. The first-order valence-electron chi connectivity index (χ1n) is 10.2. The van der Waals surface area contributed by atoms with Crippen molar-refractivity contribution in [3.63, 3.8) is 0 Å². The summed E-state index contributed by atoms with van der Waals surface area (Å²) in [5.41, 5.74) is 8.19. The third kappa shape index (κ3) is 8.92. The number of nitrogens with one attached hydrogen (secondary N) is 2. The van der Waals surface area contributed by atoms with Gasteiger partial charge >= 0.3 is 0 Å². The molecule has 2 unspecified atom stereocenters. The van der Waals surface area contributed by atoms with Crippen molar-refractivity contribution in [1.82, 2.24) is 15.6 Å². The molecule has 2 rings (SSSR count). The van der Waals surface area contributed by atoms with Gasteiger partial charge in [-0.3, -0.25) is 5.32 Å². The lowest BCUT2D eigenvalue weighted by atomic mass is 10.2. The first-order chi connectivity index (χ1) is 15.4. The van der Waals surface area contributed by atoms with E-state index in [-0.39, 0.29) is 12.6 Å². The maximum atomic E-state index is 10.8. The van der Waals surface area contributed by atoms with Crippen LogP contribution in [0.1, 0.15) is 23.3 Å². The number of benzene rings is 2. The van der Waals surface area contributed by atoms with Crippen molar-refractivity contribution in [2.24, 2.45) is 11.6 Å². The van der Waals surface area contributed by atoms with Crippen LogP contribution in [-0.2, 0) is 11.3 Å². The van der Waals surface area contributed by atoms with Crippen LogP contribution in [-0.4, -0.2) is 47.3 Å². The predicted molar refractivity (Wildman–Crippen MR) is 126 cm³/mol. The Hall–Kier alpha value is -2.52. The molecule has 10 heteroatoms. The van der Waals surface area contributed by atoms with Crippen LogP contribution in [0.4, 0.5) is 0 Å². The van der Waals surface area contributed by atoms with Gasteiger partial charge in [-0.25, -0.2) is 5.84 Å². The lowest BCUT2D eigenvalue weighted by Gasteiger charge is -2.20. The monoisotopic (exact) mass is 461 g/mol. The highest BCUT2D eigenvalue weighted by molar-refractivity contribution is 7.45. The van der Waals surface area contributed by atoms with Crippen molar-refractivity contribution >= 4 is 14.7 Å². The molecule has 0 aromatic heterocycles. The average Bonchev–Trinajstić information content (AvgIpc) is 2.80. The Morgan fingerprint density at radius 1 is 1.19 bits per heavy atom. The number of ether oxygens (including phenoxy) is 1. The predicted octanol–water partition coefficient (Wildman–Crippen LogP) is 1.30. The standard InChI is InChI=1S/C22H32N5O4P/c1-25-20(15-28)11-12-27(24)14-19(23)16-31-21-9-7-18(8-10-21)22(32(29)30)26-13-17-5-3-2-4-6-17/h2-10,14-15,20,22,25-26,29-30H,11-13,16,23-24H2,1H3/b19-14-. The van der Waals surface area contributed by atoms with E-state index in [0.29, 0.717) is 31.0 Å². The van der Waals surface area contributed by atoms with E-state index >= 15 is 0 Å². The van der Waals surface area contributed by atoms with E-state index in [4.69, 9.17) is 16.3 Å². The van der Waals surface area contributed by atoms with Gasteiger partial charge in [0, 0.05) is 19.3 Å². The third-order valence-electron chi connectivity index (χ3n) is 4.74. The molecule has 9 nitrogen and oxygen atoms in total. The van der Waals surface area contributed by atoms with Crippen molar-refractivity contribution in [1.29, 1.82) is 0 Å². The molecule has 0 amide bonds. The van der Waals surface area contributed by atoms with Crippen LogP contribution in [0.25, 0.3) is 0 Å². The number of hydrogen-bond donors (Lipinski definition) is 6. The summed E-state index contributed by atoms with van der Waals surface area (Å²) in [7, 11) is -0.497. The molecule has 2 aromatic carbocycles. The topological polar surface area (TPSA) is 146 Å². The second-order valence-electron chi connectivity index (χ2n) is 7.21. The van der Waals surface area contributed by atoms with Crippen molar-refractivity contribution < 1.29 is 19.3 Å². The third-order valence-corrected chi connectivity index (χ3v) is 5.68. The Kier molecular flexibility index (Phi) is 11.1. The summed E-state index contributed by atoms with van der Waals surface area (Å²) in [4.78, 5) is 30.5. The molecule has 0 aliphatic rings. The first-order valence-corrected chi connectivity index (χ1v) is 11.5. The Labute approximate surface area is 189 Å². The summed E-state index contributed by atoms with van der Waals surface area (Å²) in [6, 6.07) is 16.6. The molecule has 0 spiro atoms. The number of aldehydes is 1. The molecule has 0 fully saturated rings. The molecule has 8 N–H and O–H groups in total. The summed E-state index contributed by atoms with van der Waals surface area (Å²) in [5, 5.41) is 7.49. The Balaban J connectivity index is 1.86.